The van der Waals surface area contributed by atoms with Crippen molar-refractivity contribution in [2.45, 2.75) is 24.5 Å². The van der Waals surface area contributed by atoms with E-state index in [4.69, 9.17) is 4.74 Å². The molecule has 3 aromatic carbocycles. The van der Waals surface area contributed by atoms with Gasteiger partial charge in [-0.3, -0.25) is 19.4 Å². The summed E-state index contributed by atoms with van der Waals surface area (Å²) in [7, 11) is 1.47. The molecule has 3 amide bonds. The summed E-state index contributed by atoms with van der Waals surface area (Å²) in [4.78, 5) is 41.3. The number of hydrogen-bond donors (Lipinski definition) is 0. The van der Waals surface area contributed by atoms with Crippen LogP contribution in [0, 0.1) is 0 Å². The van der Waals surface area contributed by atoms with E-state index in [2.05, 4.69) is 15.4 Å². The van der Waals surface area contributed by atoms with Gasteiger partial charge in [-0.1, -0.05) is 78.0 Å². The second-order valence-corrected chi connectivity index (χ2v) is 9.16. The first-order valence-electron chi connectivity index (χ1n) is 12.2. The predicted molar refractivity (Wildman–Crippen MR) is 138 cm³/mol. The van der Waals surface area contributed by atoms with Gasteiger partial charge in [-0.05, 0) is 23.3 Å². The van der Waals surface area contributed by atoms with Crippen molar-refractivity contribution in [1.29, 1.82) is 0 Å². The molecule has 3 heterocycles. The van der Waals surface area contributed by atoms with Gasteiger partial charge in [-0.25, -0.2) is 9.91 Å². The Morgan fingerprint density at radius 3 is 2.34 bits per heavy atom. The lowest BCUT2D eigenvalue weighted by atomic mass is 9.98. The van der Waals surface area contributed by atoms with Crippen LogP contribution in [0.4, 0.5) is 5.69 Å². The van der Waals surface area contributed by atoms with Crippen LogP contribution in [0.25, 0.3) is 0 Å². The predicted octanol–water partition coefficient (Wildman–Crippen LogP) is 3.37. The van der Waals surface area contributed by atoms with Crippen molar-refractivity contribution in [2.75, 3.05) is 18.6 Å². The molecule has 0 radical (unpaired) electrons. The Labute approximate surface area is 218 Å². The highest BCUT2D eigenvalue weighted by molar-refractivity contribution is 6.26. The number of rotatable bonds is 6. The summed E-state index contributed by atoms with van der Waals surface area (Å²) >= 11 is 0. The minimum atomic E-state index is -1.02. The van der Waals surface area contributed by atoms with Crippen LogP contribution in [-0.4, -0.2) is 59.2 Å². The largest absolute Gasteiger partial charge is 0.495 e. The molecule has 1 fully saturated rings. The van der Waals surface area contributed by atoms with Gasteiger partial charge in [-0.2, -0.15) is 10.2 Å². The molecule has 0 bridgehead atoms. The number of para-hydroxylation sites is 2. The van der Waals surface area contributed by atoms with Crippen LogP contribution in [0.2, 0.25) is 0 Å². The van der Waals surface area contributed by atoms with Crippen LogP contribution in [0.1, 0.15) is 23.6 Å². The highest BCUT2D eigenvalue weighted by Gasteiger charge is 2.56. The molecule has 38 heavy (non-hydrogen) atoms. The van der Waals surface area contributed by atoms with E-state index >= 15 is 0 Å². The zero-order valence-electron chi connectivity index (χ0n) is 20.5. The molecular weight excluding hydrogens is 484 g/mol. The lowest BCUT2D eigenvalue weighted by Crippen LogP contribution is -2.44. The molecule has 0 N–H and O–H groups in total. The quantitative estimate of drug-likeness (QED) is 0.475. The SMILES string of the molecule is COc1ccccc1N1C(=O)C2N=NN(CC(=O)N3N=C(c4ccccc4)CC3c3ccccc3)C2C1=O. The van der Waals surface area contributed by atoms with Crippen LogP contribution >= 0.6 is 0 Å². The Bertz CT molecular complexity index is 1460. The number of hydrogen-bond acceptors (Lipinski definition) is 8. The van der Waals surface area contributed by atoms with Gasteiger partial charge in [0.15, 0.2) is 12.1 Å². The van der Waals surface area contributed by atoms with E-state index < -0.39 is 23.9 Å². The van der Waals surface area contributed by atoms with Crippen molar-refractivity contribution in [2.24, 2.45) is 15.4 Å². The fourth-order valence-corrected chi connectivity index (χ4v) is 5.10. The van der Waals surface area contributed by atoms with Crippen molar-refractivity contribution < 1.29 is 19.1 Å². The first-order chi connectivity index (χ1) is 18.6. The van der Waals surface area contributed by atoms with E-state index in [0.29, 0.717) is 17.9 Å². The minimum Gasteiger partial charge on any atom is -0.495 e. The first kappa shape index (κ1) is 23.5. The number of hydrazone groups is 1. The van der Waals surface area contributed by atoms with Gasteiger partial charge in [0.1, 0.15) is 12.3 Å². The number of ether oxygens (including phenoxy) is 1. The van der Waals surface area contributed by atoms with Gasteiger partial charge in [-0.15, -0.1) is 0 Å². The molecule has 0 saturated carbocycles. The van der Waals surface area contributed by atoms with Gasteiger partial charge in [0.2, 0.25) is 0 Å². The smallest absolute Gasteiger partial charge is 0.264 e. The molecule has 3 unspecified atom stereocenters. The summed E-state index contributed by atoms with van der Waals surface area (Å²) in [6.07, 6.45) is 0.548. The highest BCUT2D eigenvalue weighted by Crippen LogP contribution is 2.37. The molecule has 6 rings (SSSR count). The summed E-state index contributed by atoms with van der Waals surface area (Å²) in [6.45, 7) is -0.252. The number of nitrogens with zero attached hydrogens (tertiary/aromatic N) is 6. The van der Waals surface area contributed by atoms with E-state index in [0.717, 1.165) is 21.7 Å². The molecule has 1 saturated heterocycles. The molecule has 10 nitrogen and oxygen atoms in total. The zero-order valence-corrected chi connectivity index (χ0v) is 20.5. The van der Waals surface area contributed by atoms with E-state index in [1.807, 2.05) is 60.7 Å². The Hall–Kier alpha value is -4.86. The lowest BCUT2D eigenvalue weighted by molar-refractivity contribution is -0.135. The zero-order chi connectivity index (χ0) is 26.2. The fourth-order valence-electron chi connectivity index (χ4n) is 5.10. The molecule has 0 aromatic heterocycles. The summed E-state index contributed by atoms with van der Waals surface area (Å²) in [5, 5.41) is 15.5. The van der Waals surface area contributed by atoms with Crippen LogP contribution < -0.4 is 9.64 Å². The topological polar surface area (TPSA) is 107 Å². The standard InChI is InChI=1S/C28H24N6O4/c1-38-23-15-9-8-14-21(23)33-27(36)25-26(28(33)37)32(31-29-25)17-24(35)34-22(19-12-6-3-7-13-19)16-20(30-34)18-10-4-2-5-11-18/h2-15,22,25-26H,16-17H2,1H3. The van der Waals surface area contributed by atoms with Gasteiger partial charge in [0.05, 0.1) is 24.6 Å². The second kappa shape index (κ2) is 9.55. The number of fused-ring (bicyclic) bond motifs is 1. The number of anilines is 1. The average molecular weight is 509 g/mol. The molecule has 0 aliphatic carbocycles. The number of carbonyl (C=O) groups excluding carboxylic acids is 3. The molecule has 3 aliphatic rings. The fraction of sp³-hybridized carbons (Fsp3) is 0.214. The summed E-state index contributed by atoms with van der Waals surface area (Å²) in [5.41, 5.74) is 3.02. The molecular formula is C28H24N6O4. The van der Waals surface area contributed by atoms with E-state index in [1.54, 1.807) is 24.3 Å². The van der Waals surface area contributed by atoms with E-state index in [1.165, 1.54) is 17.1 Å². The molecule has 3 atom stereocenters. The summed E-state index contributed by atoms with van der Waals surface area (Å²) in [6, 6.07) is 23.9. The van der Waals surface area contributed by atoms with Gasteiger partial charge < -0.3 is 4.74 Å². The number of benzene rings is 3. The highest BCUT2D eigenvalue weighted by atomic mass is 16.5. The normalized spacial score (nSPS) is 22.2. The first-order valence-corrected chi connectivity index (χ1v) is 12.2. The van der Waals surface area contributed by atoms with Crippen molar-refractivity contribution in [3.05, 3.63) is 96.1 Å². The van der Waals surface area contributed by atoms with Gasteiger partial charge >= 0.3 is 0 Å². The van der Waals surface area contributed by atoms with Crippen LogP contribution in [-0.2, 0) is 14.4 Å². The van der Waals surface area contributed by atoms with Crippen molar-refractivity contribution in [3.63, 3.8) is 0 Å². The lowest BCUT2D eigenvalue weighted by Gasteiger charge is -2.25. The molecule has 3 aliphatic heterocycles. The minimum absolute atomic E-state index is 0.252. The number of imide groups is 1. The van der Waals surface area contributed by atoms with Crippen LogP contribution in [0.5, 0.6) is 5.75 Å². The van der Waals surface area contributed by atoms with Crippen LogP contribution in [0.15, 0.2) is 100 Å². The Morgan fingerprint density at radius 1 is 0.921 bits per heavy atom. The monoisotopic (exact) mass is 508 g/mol. The van der Waals surface area contributed by atoms with E-state index in [9.17, 15) is 14.4 Å². The van der Waals surface area contributed by atoms with Crippen molar-refractivity contribution in [1.82, 2.24) is 10.0 Å². The molecule has 0 spiro atoms. The maximum Gasteiger partial charge on any atom is 0.264 e. The third-order valence-corrected chi connectivity index (χ3v) is 6.94. The number of methoxy groups -OCH3 is 1. The second-order valence-electron chi connectivity index (χ2n) is 9.16. The van der Waals surface area contributed by atoms with Gasteiger partial charge in [0.25, 0.3) is 17.7 Å². The number of amides is 3. The number of carbonyl (C=O) groups is 3. The summed E-state index contributed by atoms with van der Waals surface area (Å²) < 4.78 is 5.35. The maximum atomic E-state index is 13.6. The third-order valence-electron chi connectivity index (χ3n) is 6.94. The summed E-state index contributed by atoms with van der Waals surface area (Å²) in [5.74, 6) is -0.965. The van der Waals surface area contributed by atoms with Crippen molar-refractivity contribution in [3.8, 4) is 5.75 Å². The van der Waals surface area contributed by atoms with Crippen LogP contribution in [0.3, 0.4) is 0 Å². The molecule has 3 aromatic rings. The molecule has 190 valence electrons. The maximum absolute atomic E-state index is 13.6. The van der Waals surface area contributed by atoms with Crippen molar-refractivity contribution >= 4 is 29.1 Å². The third kappa shape index (κ3) is 3.90. The van der Waals surface area contributed by atoms with Gasteiger partial charge in [0, 0.05) is 6.42 Å². The average Bonchev–Trinajstić information content (AvgIpc) is 3.65. The Kier molecular flexibility index (Phi) is 5.91. The Balaban J connectivity index is 1.26. The Morgan fingerprint density at radius 2 is 1.61 bits per heavy atom. The van der Waals surface area contributed by atoms with E-state index in [-0.39, 0.29) is 18.5 Å². The molecule has 10 heteroatoms.